The number of carboxylic acid groups (broad SMARTS) is 2. The lowest BCUT2D eigenvalue weighted by Crippen LogP contribution is -2.40. The van der Waals surface area contributed by atoms with Gasteiger partial charge in [0, 0.05) is 12.8 Å². The maximum Gasteiger partial charge on any atom is 0.326 e. The molecular formula is C12H21NO5. The molecule has 0 aliphatic heterocycles. The van der Waals surface area contributed by atoms with E-state index in [1.54, 1.807) is 0 Å². The summed E-state index contributed by atoms with van der Waals surface area (Å²) in [5.74, 6) is -2.01. The molecule has 6 heteroatoms. The number of aliphatic carboxylic acids is 2. The van der Waals surface area contributed by atoms with Gasteiger partial charge in [0.1, 0.15) is 6.04 Å². The first-order valence-corrected chi connectivity index (χ1v) is 6.07. The molecule has 0 heterocycles. The molecule has 0 radical (unpaired) electrons. The number of carbonyl (C=O) groups excluding carboxylic acids is 1. The highest BCUT2D eigenvalue weighted by atomic mass is 16.4. The lowest BCUT2D eigenvalue weighted by Gasteiger charge is -2.14. The van der Waals surface area contributed by atoms with E-state index in [9.17, 15) is 14.4 Å². The van der Waals surface area contributed by atoms with Crippen LogP contribution in [0.3, 0.4) is 0 Å². The number of nitrogens with one attached hydrogen (secondary N) is 1. The van der Waals surface area contributed by atoms with Gasteiger partial charge in [0.2, 0.25) is 5.91 Å². The molecule has 0 saturated carbocycles. The third-order valence-electron chi connectivity index (χ3n) is 2.47. The molecule has 0 bridgehead atoms. The van der Waals surface area contributed by atoms with Crippen LogP contribution in [-0.2, 0) is 14.4 Å². The minimum Gasteiger partial charge on any atom is -0.481 e. The van der Waals surface area contributed by atoms with E-state index < -0.39 is 18.0 Å². The number of amides is 1. The first-order valence-electron chi connectivity index (χ1n) is 6.07. The van der Waals surface area contributed by atoms with Gasteiger partial charge in [-0.2, -0.15) is 0 Å². The van der Waals surface area contributed by atoms with Crippen LogP contribution in [0.4, 0.5) is 0 Å². The van der Waals surface area contributed by atoms with Gasteiger partial charge in [0.05, 0.1) is 0 Å². The molecule has 0 unspecified atom stereocenters. The Labute approximate surface area is 106 Å². The zero-order valence-corrected chi connectivity index (χ0v) is 10.8. The van der Waals surface area contributed by atoms with E-state index in [0.717, 1.165) is 0 Å². The highest BCUT2D eigenvalue weighted by Crippen LogP contribution is 2.05. The van der Waals surface area contributed by atoms with Crippen LogP contribution in [0.1, 0.15) is 46.0 Å². The molecule has 0 saturated heterocycles. The van der Waals surface area contributed by atoms with Crippen molar-refractivity contribution in [2.75, 3.05) is 0 Å². The quantitative estimate of drug-likeness (QED) is 0.578. The van der Waals surface area contributed by atoms with Crippen molar-refractivity contribution >= 4 is 17.8 Å². The lowest BCUT2D eigenvalue weighted by molar-refractivity contribution is -0.142. The van der Waals surface area contributed by atoms with Gasteiger partial charge in [0.15, 0.2) is 0 Å². The average Bonchev–Trinajstić information content (AvgIpc) is 2.24. The summed E-state index contributed by atoms with van der Waals surface area (Å²) >= 11 is 0. The summed E-state index contributed by atoms with van der Waals surface area (Å²) in [6.45, 7) is 3.96. The lowest BCUT2D eigenvalue weighted by atomic mass is 10.1. The Kier molecular flexibility index (Phi) is 7.74. The third kappa shape index (κ3) is 8.55. The maximum atomic E-state index is 11.5. The van der Waals surface area contributed by atoms with Crippen LogP contribution in [0.25, 0.3) is 0 Å². The van der Waals surface area contributed by atoms with Crippen LogP contribution < -0.4 is 5.32 Å². The van der Waals surface area contributed by atoms with Crippen molar-refractivity contribution in [3.63, 3.8) is 0 Å². The summed E-state index contributed by atoms with van der Waals surface area (Å²) in [5.41, 5.74) is 0. The van der Waals surface area contributed by atoms with E-state index in [0.29, 0.717) is 18.8 Å². The molecule has 6 nitrogen and oxygen atoms in total. The summed E-state index contributed by atoms with van der Waals surface area (Å²) in [5, 5.41) is 19.8. The molecule has 0 aromatic heterocycles. The van der Waals surface area contributed by atoms with E-state index in [-0.39, 0.29) is 25.2 Å². The molecule has 1 amide bonds. The van der Waals surface area contributed by atoms with E-state index >= 15 is 0 Å². The fourth-order valence-electron chi connectivity index (χ4n) is 1.40. The fourth-order valence-corrected chi connectivity index (χ4v) is 1.40. The fraction of sp³-hybridized carbons (Fsp3) is 0.750. The monoisotopic (exact) mass is 259 g/mol. The van der Waals surface area contributed by atoms with Crippen LogP contribution in [0.15, 0.2) is 0 Å². The summed E-state index contributed by atoms with van der Waals surface area (Å²) < 4.78 is 0. The Bertz CT molecular complexity index is 301. The summed E-state index contributed by atoms with van der Waals surface area (Å²) in [7, 11) is 0. The normalized spacial score (nSPS) is 12.2. The first kappa shape index (κ1) is 16.4. The highest BCUT2D eigenvalue weighted by Gasteiger charge is 2.19. The van der Waals surface area contributed by atoms with Crippen LogP contribution in [0.2, 0.25) is 0 Å². The molecule has 18 heavy (non-hydrogen) atoms. The van der Waals surface area contributed by atoms with Crippen LogP contribution in [0.5, 0.6) is 0 Å². The molecule has 3 N–H and O–H groups in total. The van der Waals surface area contributed by atoms with Gasteiger partial charge in [-0.3, -0.25) is 9.59 Å². The van der Waals surface area contributed by atoms with Crippen molar-refractivity contribution in [1.29, 1.82) is 0 Å². The third-order valence-corrected chi connectivity index (χ3v) is 2.47. The predicted molar refractivity (Wildman–Crippen MR) is 65.1 cm³/mol. The van der Waals surface area contributed by atoms with Gasteiger partial charge in [-0.05, 0) is 25.2 Å². The van der Waals surface area contributed by atoms with E-state index in [2.05, 4.69) is 5.32 Å². The van der Waals surface area contributed by atoms with Gasteiger partial charge < -0.3 is 15.5 Å². The SMILES string of the molecule is CC(C)CCC(=O)N[C@H](CCCC(=O)O)C(=O)O. The Morgan fingerprint density at radius 2 is 1.67 bits per heavy atom. The van der Waals surface area contributed by atoms with Crippen LogP contribution in [-0.4, -0.2) is 34.1 Å². The second-order valence-corrected chi connectivity index (χ2v) is 4.68. The summed E-state index contributed by atoms with van der Waals surface area (Å²) in [6, 6.07) is -0.996. The van der Waals surface area contributed by atoms with Crippen molar-refractivity contribution < 1.29 is 24.6 Å². The highest BCUT2D eigenvalue weighted by molar-refractivity contribution is 5.83. The van der Waals surface area contributed by atoms with Gasteiger partial charge >= 0.3 is 11.9 Å². The average molecular weight is 259 g/mol. The van der Waals surface area contributed by atoms with Gasteiger partial charge in [-0.1, -0.05) is 13.8 Å². The number of rotatable bonds is 9. The second kappa shape index (κ2) is 8.49. The van der Waals surface area contributed by atoms with E-state index in [1.807, 2.05) is 13.8 Å². The molecule has 0 rings (SSSR count). The zero-order valence-electron chi connectivity index (χ0n) is 10.8. The van der Waals surface area contributed by atoms with Gasteiger partial charge in [-0.15, -0.1) is 0 Å². The van der Waals surface area contributed by atoms with Gasteiger partial charge in [0.25, 0.3) is 0 Å². The molecule has 0 aliphatic rings. The summed E-state index contributed by atoms with van der Waals surface area (Å²) in [4.78, 5) is 32.7. The van der Waals surface area contributed by atoms with Crippen molar-refractivity contribution in [1.82, 2.24) is 5.32 Å². The molecule has 104 valence electrons. The van der Waals surface area contributed by atoms with Crippen LogP contribution in [0, 0.1) is 5.92 Å². The molecule has 0 fully saturated rings. The van der Waals surface area contributed by atoms with E-state index in [4.69, 9.17) is 10.2 Å². The molecule has 0 aliphatic carbocycles. The number of hydrogen-bond donors (Lipinski definition) is 3. The summed E-state index contributed by atoms with van der Waals surface area (Å²) in [6.07, 6.45) is 1.27. The van der Waals surface area contributed by atoms with Crippen molar-refractivity contribution in [2.45, 2.75) is 52.0 Å². The van der Waals surface area contributed by atoms with Gasteiger partial charge in [-0.25, -0.2) is 4.79 Å². The second-order valence-electron chi connectivity index (χ2n) is 4.68. The Morgan fingerprint density at radius 3 is 2.11 bits per heavy atom. The Balaban J connectivity index is 4.06. The zero-order chi connectivity index (χ0) is 14.1. The Morgan fingerprint density at radius 1 is 1.06 bits per heavy atom. The van der Waals surface area contributed by atoms with Crippen molar-refractivity contribution in [3.8, 4) is 0 Å². The molecule has 0 aromatic carbocycles. The first-order chi connectivity index (χ1) is 8.32. The molecule has 1 atom stereocenters. The maximum absolute atomic E-state index is 11.5. The largest absolute Gasteiger partial charge is 0.481 e. The van der Waals surface area contributed by atoms with Crippen molar-refractivity contribution in [2.24, 2.45) is 5.92 Å². The predicted octanol–water partition coefficient (Wildman–Crippen LogP) is 1.25. The minimum atomic E-state index is -1.13. The topological polar surface area (TPSA) is 104 Å². The smallest absolute Gasteiger partial charge is 0.326 e. The molecule has 0 aromatic rings. The number of hydrogen-bond acceptors (Lipinski definition) is 3. The van der Waals surface area contributed by atoms with Crippen LogP contribution >= 0.6 is 0 Å². The van der Waals surface area contributed by atoms with Crippen molar-refractivity contribution in [3.05, 3.63) is 0 Å². The number of carbonyl (C=O) groups is 3. The molecular weight excluding hydrogens is 238 g/mol. The molecule has 0 spiro atoms. The minimum absolute atomic E-state index is 0.0916. The standard InChI is InChI=1S/C12H21NO5/c1-8(2)6-7-10(14)13-9(12(17)18)4-3-5-11(15)16/h8-9H,3-7H2,1-2H3,(H,13,14)(H,15,16)(H,17,18)/t9-/m1/s1. The van der Waals surface area contributed by atoms with E-state index in [1.165, 1.54) is 0 Å². The Hall–Kier alpha value is -1.59. The number of carboxylic acids is 2.